The number of nitrogens with one attached hydrogen (secondary N) is 2. The van der Waals surface area contributed by atoms with Crippen molar-refractivity contribution in [3.05, 3.63) is 40.6 Å². The monoisotopic (exact) mass is 233 g/mol. The smallest absolute Gasteiger partial charge is 0.128 e. The lowest BCUT2D eigenvalue weighted by atomic mass is 10.3. The van der Waals surface area contributed by atoms with Gasteiger partial charge < -0.3 is 10.6 Å². The van der Waals surface area contributed by atoms with E-state index < -0.39 is 0 Å². The Kier molecular flexibility index (Phi) is 3.41. The molecule has 0 saturated carbocycles. The second-order valence-corrected chi connectivity index (χ2v) is 4.52. The Labute approximate surface area is 99.5 Å². The highest BCUT2D eigenvalue weighted by molar-refractivity contribution is 7.10. The largest absolute Gasteiger partial charge is 0.373 e. The molecule has 2 rings (SSSR count). The molecule has 1 atom stereocenters. The van der Waals surface area contributed by atoms with E-state index in [4.69, 9.17) is 0 Å². The SMILES string of the molecule is CNc1cccc(NC(C)c2cccs2)n1. The molecule has 0 aliphatic carbocycles. The minimum atomic E-state index is 0.291. The van der Waals surface area contributed by atoms with E-state index >= 15 is 0 Å². The van der Waals surface area contributed by atoms with E-state index in [-0.39, 0.29) is 0 Å². The number of pyridine rings is 1. The van der Waals surface area contributed by atoms with Gasteiger partial charge in [0.05, 0.1) is 6.04 Å². The van der Waals surface area contributed by atoms with E-state index in [0.717, 1.165) is 11.6 Å². The first-order valence-corrected chi connectivity index (χ1v) is 6.12. The van der Waals surface area contributed by atoms with E-state index in [2.05, 4.69) is 40.1 Å². The summed E-state index contributed by atoms with van der Waals surface area (Å²) in [5, 5.41) is 8.49. The predicted molar refractivity (Wildman–Crippen MR) is 70.1 cm³/mol. The van der Waals surface area contributed by atoms with Gasteiger partial charge in [0.15, 0.2) is 0 Å². The number of anilines is 2. The van der Waals surface area contributed by atoms with Crippen LogP contribution in [-0.2, 0) is 0 Å². The van der Waals surface area contributed by atoms with Gasteiger partial charge in [-0.1, -0.05) is 12.1 Å². The number of hydrogen-bond donors (Lipinski definition) is 2. The van der Waals surface area contributed by atoms with Crippen molar-refractivity contribution < 1.29 is 0 Å². The van der Waals surface area contributed by atoms with Crippen LogP contribution in [0.2, 0.25) is 0 Å². The molecule has 2 heterocycles. The Morgan fingerprint density at radius 2 is 2.00 bits per heavy atom. The van der Waals surface area contributed by atoms with Crippen molar-refractivity contribution in [3.63, 3.8) is 0 Å². The molecular formula is C12H15N3S. The summed E-state index contributed by atoms with van der Waals surface area (Å²) in [6.45, 7) is 2.14. The van der Waals surface area contributed by atoms with Gasteiger partial charge in [-0.15, -0.1) is 11.3 Å². The maximum atomic E-state index is 4.42. The Morgan fingerprint density at radius 3 is 2.69 bits per heavy atom. The van der Waals surface area contributed by atoms with Crippen molar-refractivity contribution in [2.24, 2.45) is 0 Å². The lowest BCUT2D eigenvalue weighted by molar-refractivity contribution is 0.897. The predicted octanol–water partition coefficient (Wildman–Crippen LogP) is 3.36. The molecule has 0 aliphatic heterocycles. The van der Waals surface area contributed by atoms with Gasteiger partial charge in [-0.2, -0.15) is 0 Å². The maximum absolute atomic E-state index is 4.42. The molecular weight excluding hydrogens is 218 g/mol. The first kappa shape index (κ1) is 11.0. The van der Waals surface area contributed by atoms with Crippen LogP contribution >= 0.6 is 11.3 Å². The van der Waals surface area contributed by atoms with Crippen molar-refractivity contribution in [1.82, 2.24) is 4.98 Å². The Morgan fingerprint density at radius 1 is 1.19 bits per heavy atom. The molecule has 2 aromatic heterocycles. The third-order valence-corrected chi connectivity index (χ3v) is 3.39. The van der Waals surface area contributed by atoms with Crippen LogP contribution in [0.15, 0.2) is 35.7 Å². The summed E-state index contributed by atoms with van der Waals surface area (Å²) >= 11 is 1.75. The molecule has 0 saturated heterocycles. The fourth-order valence-electron chi connectivity index (χ4n) is 1.48. The summed E-state index contributed by atoms with van der Waals surface area (Å²) < 4.78 is 0. The molecule has 0 aliphatic rings. The van der Waals surface area contributed by atoms with Gasteiger partial charge in [-0.05, 0) is 30.5 Å². The first-order valence-electron chi connectivity index (χ1n) is 5.24. The fraction of sp³-hybridized carbons (Fsp3) is 0.250. The van der Waals surface area contributed by atoms with Gasteiger partial charge in [0, 0.05) is 11.9 Å². The standard InChI is InChI=1S/C12H15N3S/c1-9(10-5-4-8-16-10)14-12-7-3-6-11(13-2)15-12/h3-9H,1-2H3,(H2,13,14,15). The van der Waals surface area contributed by atoms with Crippen molar-refractivity contribution in [2.75, 3.05) is 17.7 Å². The van der Waals surface area contributed by atoms with Gasteiger partial charge in [0.1, 0.15) is 11.6 Å². The van der Waals surface area contributed by atoms with E-state index in [1.165, 1.54) is 4.88 Å². The van der Waals surface area contributed by atoms with Crippen molar-refractivity contribution in [1.29, 1.82) is 0 Å². The summed E-state index contributed by atoms with van der Waals surface area (Å²) in [6, 6.07) is 10.4. The Bertz CT molecular complexity index is 439. The number of rotatable bonds is 4. The summed E-state index contributed by atoms with van der Waals surface area (Å²) in [6.07, 6.45) is 0. The van der Waals surface area contributed by atoms with Crippen LogP contribution in [0, 0.1) is 0 Å². The molecule has 2 N–H and O–H groups in total. The maximum Gasteiger partial charge on any atom is 0.128 e. The van der Waals surface area contributed by atoms with Gasteiger partial charge in [-0.25, -0.2) is 4.98 Å². The zero-order chi connectivity index (χ0) is 11.4. The number of thiophene rings is 1. The summed E-state index contributed by atoms with van der Waals surface area (Å²) in [5.74, 6) is 1.77. The van der Waals surface area contributed by atoms with E-state index in [9.17, 15) is 0 Å². The Balaban J connectivity index is 2.08. The van der Waals surface area contributed by atoms with Crippen LogP contribution in [0.1, 0.15) is 17.8 Å². The normalized spacial score (nSPS) is 12.1. The molecule has 0 spiro atoms. The third-order valence-electron chi connectivity index (χ3n) is 2.34. The van der Waals surface area contributed by atoms with Gasteiger partial charge in [0.25, 0.3) is 0 Å². The number of hydrogen-bond acceptors (Lipinski definition) is 4. The molecule has 4 heteroatoms. The molecule has 0 radical (unpaired) electrons. The van der Waals surface area contributed by atoms with Crippen LogP contribution in [0.5, 0.6) is 0 Å². The second kappa shape index (κ2) is 4.99. The molecule has 16 heavy (non-hydrogen) atoms. The zero-order valence-corrected chi connectivity index (χ0v) is 10.2. The molecule has 0 amide bonds. The molecule has 84 valence electrons. The van der Waals surface area contributed by atoms with Gasteiger partial charge >= 0.3 is 0 Å². The van der Waals surface area contributed by atoms with Gasteiger partial charge in [0.2, 0.25) is 0 Å². The fourth-order valence-corrected chi connectivity index (χ4v) is 2.22. The van der Waals surface area contributed by atoms with E-state index in [1.807, 2.05) is 25.2 Å². The minimum Gasteiger partial charge on any atom is -0.373 e. The van der Waals surface area contributed by atoms with Crippen molar-refractivity contribution >= 4 is 23.0 Å². The lowest BCUT2D eigenvalue weighted by Gasteiger charge is -2.13. The van der Waals surface area contributed by atoms with Crippen molar-refractivity contribution in [2.45, 2.75) is 13.0 Å². The number of nitrogens with zero attached hydrogens (tertiary/aromatic N) is 1. The van der Waals surface area contributed by atoms with Crippen LogP contribution in [-0.4, -0.2) is 12.0 Å². The average Bonchev–Trinajstić information content (AvgIpc) is 2.83. The Hall–Kier alpha value is -1.55. The molecule has 1 unspecified atom stereocenters. The molecule has 0 fully saturated rings. The molecule has 0 bridgehead atoms. The molecule has 3 nitrogen and oxygen atoms in total. The van der Waals surface area contributed by atoms with Crippen LogP contribution in [0.3, 0.4) is 0 Å². The zero-order valence-electron chi connectivity index (χ0n) is 9.40. The van der Waals surface area contributed by atoms with Crippen LogP contribution in [0.4, 0.5) is 11.6 Å². The highest BCUT2D eigenvalue weighted by Gasteiger charge is 2.06. The van der Waals surface area contributed by atoms with E-state index in [0.29, 0.717) is 6.04 Å². The van der Waals surface area contributed by atoms with E-state index in [1.54, 1.807) is 11.3 Å². The molecule has 0 aromatic carbocycles. The molecule has 2 aromatic rings. The summed E-state index contributed by atoms with van der Waals surface area (Å²) in [4.78, 5) is 5.74. The minimum absolute atomic E-state index is 0.291. The highest BCUT2D eigenvalue weighted by Crippen LogP contribution is 2.22. The topological polar surface area (TPSA) is 37.0 Å². The third kappa shape index (κ3) is 2.52. The van der Waals surface area contributed by atoms with Crippen molar-refractivity contribution in [3.8, 4) is 0 Å². The second-order valence-electron chi connectivity index (χ2n) is 3.54. The van der Waals surface area contributed by atoms with Crippen LogP contribution < -0.4 is 10.6 Å². The first-order chi connectivity index (χ1) is 7.79. The summed E-state index contributed by atoms with van der Waals surface area (Å²) in [5.41, 5.74) is 0. The van der Waals surface area contributed by atoms with Crippen LogP contribution in [0.25, 0.3) is 0 Å². The quantitative estimate of drug-likeness (QED) is 0.850. The highest BCUT2D eigenvalue weighted by atomic mass is 32.1. The number of aromatic nitrogens is 1. The summed E-state index contributed by atoms with van der Waals surface area (Å²) in [7, 11) is 1.87. The lowest BCUT2D eigenvalue weighted by Crippen LogP contribution is -2.06. The average molecular weight is 233 g/mol. The van der Waals surface area contributed by atoms with Gasteiger partial charge in [-0.3, -0.25) is 0 Å².